The number of rotatable bonds is 7. The van der Waals surface area contributed by atoms with Gasteiger partial charge in [0.05, 0.1) is 29.0 Å². The van der Waals surface area contributed by atoms with E-state index in [2.05, 4.69) is 20.3 Å². The summed E-state index contributed by atoms with van der Waals surface area (Å²) in [4.78, 5) is 5.52. The van der Waals surface area contributed by atoms with Crippen LogP contribution in [0.4, 0.5) is 0 Å². The van der Waals surface area contributed by atoms with E-state index >= 15 is 0 Å². The summed E-state index contributed by atoms with van der Waals surface area (Å²) in [6.07, 6.45) is 0. The molecule has 0 radical (unpaired) electrons. The molecule has 5 rings (SSSR count). The topological polar surface area (TPSA) is 78.9 Å². The first-order valence-corrected chi connectivity index (χ1v) is 11.7. The average Bonchev–Trinajstić information content (AvgIpc) is 3.57. The van der Waals surface area contributed by atoms with E-state index in [4.69, 9.17) is 9.26 Å². The first-order valence-electron chi connectivity index (χ1n) is 8.94. The van der Waals surface area contributed by atoms with Crippen LogP contribution in [-0.2, 0) is 5.75 Å². The molecular formula is C20H15N5O2S3. The summed E-state index contributed by atoms with van der Waals surface area (Å²) in [5, 5.41) is 19.7. The maximum absolute atomic E-state index is 5.58. The second-order valence-electron chi connectivity index (χ2n) is 6.11. The molecule has 4 aromatic heterocycles. The smallest absolute Gasteiger partial charge is 0.258 e. The van der Waals surface area contributed by atoms with Gasteiger partial charge in [0.25, 0.3) is 5.89 Å². The zero-order valence-electron chi connectivity index (χ0n) is 15.8. The second-order valence-corrected chi connectivity index (χ2v) is 8.78. The van der Waals surface area contributed by atoms with Gasteiger partial charge in [-0.15, -0.1) is 21.5 Å². The third kappa shape index (κ3) is 3.64. The van der Waals surface area contributed by atoms with Crippen LogP contribution in [0.3, 0.4) is 0 Å². The maximum atomic E-state index is 5.58. The van der Waals surface area contributed by atoms with Crippen LogP contribution in [0, 0.1) is 0 Å². The summed E-state index contributed by atoms with van der Waals surface area (Å²) >= 11 is 4.71. The number of methoxy groups -OCH3 is 1. The Kier molecular flexibility index (Phi) is 5.35. The van der Waals surface area contributed by atoms with Crippen molar-refractivity contribution in [3.63, 3.8) is 0 Å². The van der Waals surface area contributed by atoms with Gasteiger partial charge in [-0.25, -0.2) is 0 Å². The maximum Gasteiger partial charge on any atom is 0.258 e. The summed E-state index contributed by atoms with van der Waals surface area (Å²) in [5.41, 5.74) is 1.81. The van der Waals surface area contributed by atoms with Gasteiger partial charge in [-0.2, -0.15) is 16.3 Å². The SMILES string of the molecule is COc1ccccc1-n1c(SCc2noc(-c3ccsc3)n2)nnc1-c1cccs1. The van der Waals surface area contributed by atoms with Crippen LogP contribution < -0.4 is 4.74 Å². The predicted molar refractivity (Wildman–Crippen MR) is 118 cm³/mol. The van der Waals surface area contributed by atoms with E-state index in [1.54, 1.807) is 29.8 Å². The fourth-order valence-electron chi connectivity index (χ4n) is 2.91. The quantitative estimate of drug-likeness (QED) is 0.305. The molecule has 0 spiro atoms. The normalized spacial score (nSPS) is 11.1. The number of aromatic nitrogens is 5. The highest BCUT2D eigenvalue weighted by Gasteiger charge is 2.20. The van der Waals surface area contributed by atoms with Crippen LogP contribution in [-0.4, -0.2) is 32.0 Å². The molecule has 4 heterocycles. The van der Waals surface area contributed by atoms with E-state index in [-0.39, 0.29) is 0 Å². The number of benzene rings is 1. The molecule has 0 amide bonds. The van der Waals surface area contributed by atoms with Crippen LogP contribution in [0.15, 0.2) is 68.3 Å². The van der Waals surface area contributed by atoms with Gasteiger partial charge < -0.3 is 9.26 Å². The molecule has 0 unspecified atom stereocenters. The number of thioether (sulfide) groups is 1. The zero-order valence-corrected chi connectivity index (χ0v) is 18.2. The van der Waals surface area contributed by atoms with Crippen molar-refractivity contribution in [1.82, 2.24) is 24.9 Å². The van der Waals surface area contributed by atoms with Gasteiger partial charge in [0.2, 0.25) is 0 Å². The standard InChI is InChI=1S/C20H15N5O2S3/c1-26-15-6-3-2-5-14(15)25-18(16-7-4-9-29-16)22-23-20(25)30-12-17-21-19(27-24-17)13-8-10-28-11-13/h2-11H,12H2,1H3. The van der Waals surface area contributed by atoms with Crippen molar-refractivity contribution >= 4 is 34.4 Å². The lowest BCUT2D eigenvalue weighted by atomic mass is 10.3. The molecule has 0 N–H and O–H groups in total. The van der Waals surface area contributed by atoms with Gasteiger partial charge >= 0.3 is 0 Å². The molecule has 5 aromatic rings. The van der Waals surface area contributed by atoms with Gasteiger partial charge in [-0.05, 0) is 35.0 Å². The third-order valence-corrected chi connectivity index (χ3v) is 6.74. The molecule has 0 aliphatic rings. The molecule has 150 valence electrons. The summed E-state index contributed by atoms with van der Waals surface area (Å²) in [7, 11) is 1.66. The van der Waals surface area contributed by atoms with E-state index in [0.29, 0.717) is 17.5 Å². The molecule has 0 bridgehead atoms. The van der Waals surface area contributed by atoms with Crippen LogP contribution >= 0.6 is 34.4 Å². The Labute approximate surface area is 184 Å². The van der Waals surface area contributed by atoms with E-state index < -0.39 is 0 Å². The lowest BCUT2D eigenvalue weighted by molar-refractivity contribution is 0.412. The first kappa shape index (κ1) is 19.0. The van der Waals surface area contributed by atoms with E-state index in [1.807, 2.05) is 63.2 Å². The lowest BCUT2D eigenvalue weighted by Crippen LogP contribution is -2.02. The Morgan fingerprint density at radius 2 is 2.03 bits per heavy atom. The minimum absolute atomic E-state index is 0.505. The molecule has 0 saturated heterocycles. The fraction of sp³-hybridized carbons (Fsp3) is 0.100. The summed E-state index contributed by atoms with van der Waals surface area (Å²) in [6, 6.07) is 13.8. The molecule has 0 saturated carbocycles. The largest absolute Gasteiger partial charge is 0.495 e. The van der Waals surface area contributed by atoms with Crippen molar-refractivity contribution in [3.8, 4) is 33.6 Å². The van der Waals surface area contributed by atoms with E-state index in [1.165, 1.54) is 11.8 Å². The van der Waals surface area contributed by atoms with Crippen molar-refractivity contribution in [1.29, 1.82) is 0 Å². The van der Waals surface area contributed by atoms with Gasteiger partial charge in [0.1, 0.15) is 5.75 Å². The Bertz CT molecular complexity index is 1250. The molecule has 7 nitrogen and oxygen atoms in total. The van der Waals surface area contributed by atoms with Gasteiger partial charge in [0, 0.05) is 5.38 Å². The Hall–Kier alpha value is -2.95. The Morgan fingerprint density at radius 1 is 1.10 bits per heavy atom. The van der Waals surface area contributed by atoms with Crippen LogP contribution in [0.25, 0.3) is 27.8 Å². The second kappa shape index (κ2) is 8.42. The van der Waals surface area contributed by atoms with Crippen LogP contribution in [0.5, 0.6) is 5.75 Å². The van der Waals surface area contributed by atoms with E-state index in [9.17, 15) is 0 Å². The molecule has 1 aromatic carbocycles. The molecular weight excluding hydrogens is 438 g/mol. The Balaban J connectivity index is 1.48. The highest BCUT2D eigenvalue weighted by molar-refractivity contribution is 7.98. The molecule has 0 fully saturated rings. The highest BCUT2D eigenvalue weighted by Crippen LogP contribution is 2.35. The minimum atomic E-state index is 0.505. The Morgan fingerprint density at radius 3 is 2.83 bits per heavy atom. The lowest BCUT2D eigenvalue weighted by Gasteiger charge is -2.12. The third-order valence-electron chi connectivity index (χ3n) is 4.27. The highest BCUT2D eigenvalue weighted by atomic mass is 32.2. The number of thiophene rings is 2. The van der Waals surface area contributed by atoms with Crippen LogP contribution in [0.1, 0.15) is 5.82 Å². The van der Waals surface area contributed by atoms with Gasteiger partial charge in [-0.3, -0.25) is 4.57 Å². The van der Waals surface area contributed by atoms with Crippen molar-refractivity contribution in [2.75, 3.05) is 7.11 Å². The predicted octanol–water partition coefficient (Wildman–Crippen LogP) is 5.41. The zero-order chi connectivity index (χ0) is 20.3. The number of nitrogens with zero attached hydrogens (tertiary/aromatic N) is 5. The monoisotopic (exact) mass is 453 g/mol. The fourth-order valence-corrected chi connectivity index (χ4v) is 5.02. The molecule has 0 atom stereocenters. The summed E-state index contributed by atoms with van der Waals surface area (Å²) in [6.45, 7) is 0. The van der Waals surface area contributed by atoms with Crippen molar-refractivity contribution in [3.05, 3.63) is 64.4 Å². The summed E-state index contributed by atoms with van der Waals surface area (Å²) in [5.74, 6) is 3.15. The van der Waals surface area contributed by atoms with Gasteiger partial charge in [-0.1, -0.05) is 35.1 Å². The molecule has 30 heavy (non-hydrogen) atoms. The number of ether oxygens (including phenoxy) is 1. The minimum Gasteiger partial charge on any atom is -0.495 e. The summed E-state index contributed by atoms with van der Waals surface area (Å²) < 4.78 is 13.0. The number of para-hydroxylation sites is 2. The average molecular weight is 454 g/mol. The molecule has 10 heteroatoms. The van der Waals surface area contributed by atoms with Crippen molar-refractivity contribution in [2.24, 2.45) is 0 Å². The van der Waals surface area contributed by atoms with E-state index in [0.717, 1.165) is 32.9 Å². The van der Waals surface area contributed by atoms with Gasteiger partial charge in [0.15, 0.2) is 16.8 Å². The van der Waals surface area contributed by atoms with Crippen molar-refractivity contribution < 1.29 is 9.26 Å². The number of hydrogen-bond donors (Lipinski definition) is 0. The van der Waals surface area contributed by atoms with Crippen LogP contribution in [0.2, 0.25) is 0 Å². The first-order chi connectivity index (χ1) is 14.8. The number of hydrogen-bond acceptors (Lipinski definition) is 9. The van der Waals surface area contributed by atoms with Crippen molar-refractivity contribution in [2.45, 2.75) is 10.9 Å². The molecule has 0 aliphatic heterocycles. The molecule has 0 aliphatic carbocycles.